The molecule has 0 heteroatoms. The van der Waals surface area contributed by atoms with Crippen LogP contribution >= 0.6 is 0 Å². The number of hydrogen-bond acceptors (Lipinski definition) is 0. The van der Waals surface area contributed by atoms with Crippen molar-refractivity contribution < 1.29 is 0 Å². The van der Waals surface area contributed by atoms with Crippen LogP contribution in [0, 0.1) is 0 Å². The number of fused-ring (bicyclic) bond motifs is 3. The Morgan fingerprint density at radius 1 is 0.857 bits per heavy atom. The SMILES string of the molecule is c1ccc2c(c1)-c1cccc3c1C2C3. The van der Waals surface area contributed by atoms with E-state index < -0.39 is 0 Å². The first-order valence-electron chi connectivity index (χ1n) is 5.16. The Kier molecular flexibility index (Phi) is 1.02. The fourth-order valence-corrected chi connectivity index (χ4v) is 2.94. The van der Waals surface area contributed by atoms with E-state index in [-0.39, 0.29) is 0 Å². The van der Waals surface area contributed by atoms with Crippen molar-refractivity contribution in [2.75, 3.05) is 0 Å². The Hall–Kier alpha value is -1.56. The summed E-state index contributed by atoms with van der Waals surface area (Å²) >= 11 is 0. The minimum atomic E-state index is 0.720. The highest BCUT2D eigenvalue weighted by molar-refractivity contribution is 5.82. The van der Waals surface area contributed by atoms with Crippen LogP contribution in [0.2, 0.25) is 0 Å². The summed E-state index contributed by atoms with van der Waals surface area (Å²) in [5, 5.41) is 0. The third-order valence-corrected chi connectivity index (χ3v) is 3.60. The Labute approximate surface area is 83.2 Å². The van der Waals surface area contributed by atoms with E-state index in [1.165, 1.54) is 17.5 Å². The van der Waals surface area contributed by atoms with Crippen molar-refractivity contribution in [3.05, 3.63) is 59.2 Å². The van der Waals surface area contributed by atoms with Crippen molar-refractivity contribution >= 4 is 0 Å². The molecule has 2 aromatic rings. The molecule has 0 radical (unpaired) electrons. The zero-order chi connectivity index (χ0) is 9.12. The molecule has 0 saturated carbocycles. The highest BCUT2D eigenvalue weighted by atomic mass is 14.4. The van der Waals surface area contributed by atoms with Gasteiger partial charge in [-0.3, -0.25) is 0 Å². The standard InChI is InChI=1S/C14H10/c1-2-6-11-10(5-1)12-7-3-4-9-8-13(11)14(9)12/h1-7,13H,8H2. The number of rotatable bonds is 0. The molecular weight excluding hydrogens is 168 g/mol. The molecule has 4 rings (SSSR count). The van der Waals surface area contributed by atoms with Gasteiger partial charge in [-0.05, 0) is 34.2 Å². The van der Waals surface area contributed by atoms with Crippen molar-refractivity contribution in [3.8, 4) is 11.1 Å². The van der Waals surface area contributed by atoms with Crippen molar-refractivity contribution in [2.45, 2.75) is 12.3 Å². The Morgan fingerprint density at radius 2 is 1.71 bits per heavy atom. The summed E-state index contributed by atoms with van der Waals surface area (Å²) in [7, 11) is 0. The topological polar surface area (TPSA) is 0 Å². The van der Waals surface area contributed by atoms with Crippen molar-refractivity contribution in [1.82, 2.24) is 0 Å². The van der Waals surface area contributed by atoms with Gasteiger partial charge in [-0.1, -0.05) is 42.5 Å². The highest BCUT2D eigenvalue weighted by Crippen LogP contribution is 2.53. The van der Waals surface area contributed by atoms with Gasteiger partial charge in [0.25, 0.3) is 0 Å². The highest BCUT2D eigenvalue weighted by Gasteiger charge is 2.36. The average Bonchev–Trinajstić information content (AvgIpc) is 2.49. The van der Waals surface area contributed by atoms with Gasteiger partial charge in [-0.25, -0.2) is 0 Å². The minimum Gasteiger partial charge on any atom is -0.0619 e. The summed E-state index contributed by atoms with van der Waals surface area (Å²) in [6.07, 6.45) is 1.25. The van der Waals surface area contributed by atoms with E-state index in [4.69, 9.17) is 0 Å². The Balaban J connectivity index is 2.16. The Morgan fingerprint density at radius 3 is 2.71 bits per heavy atom. The number of hydrogen-bond donors (Lipinski definition) is 0. The molecule has 0 heterocycles. The van der Waals surface area contributed by atoms with Gasteiger partial charge in [0.05, 0.1) is 0 Å². The predicted octanol–water partition coefficient (Wildman–Crippen LogP) is 3.36. The van der Waals surface area contributed by atoms with Gasteiger partial charge in [-0.2, -0.15) is 0 Å². The molecule has 14 heavy (non-hydrogen) atoms. The second kappa shape index (κ2) is 2.09. The fourth-order valence-electron chi connectivity index (χ4n) is 2.94. The van der Waals surface area contributed by atoms with Crippen LogP contribution in [0.25, 0.3) is 11.1 Å². The lowest BCUT2D eigenvalue weighted by atomic mass is 9.77. The van der Waals surface area contributed by atoms with Crippen LogP contribution in [0.4, 0.5) is 0 Å². The maximum absolute atomic E-state index is 2.28. The van der Waals surface area contributed by atoms with E-state index in [2.05, 4.69) is 42.5 Å². The van der Waals surface area contributed by atoms with Crippen molar-refractivity contribution in [1.29, 1.82) is 0 Å². The van der Waals surface area contributed by atoms with E-state index in [0.717, 1.165) is 5.92 Å². The lowest BCUT2D eigenvalue weighted by Crippen LogP contribution is -2.14. The molecule has 1 unspecified atom stereocenters. The van der Waals surface area contributed by atoms with Gasteiger partial charge < -0.3 is 0 Å². The summed E-state index contributed by atoms with van der Waals surface area (Å²) in [5.74, 6) is 0.720. The summed E-state index contributed by atoms with van der Waals surface area (Å²) in [4.78, 5) is 0. The van der Waals surface area contributed by atoms with Crippen molar-refractivity contribution in [3.63, 3.8) is 0 Å². The number of benzene rings is 2. The molecule has 2 aliphatic carbocycles. The lowest BCUT2D eigenvalue weighted by Gasteiger charge is -2.26. The van der Waals surface area contributed by atoms with Gasteiger partial charge in [0.1, 0.15) is 0 Å². The summed E-state index contributed by atoms with van der Waals surface area (Å²) < 4.78 is 0. The maximum atomic E-state index is 2.28. The molecule has 0 aliphatic heterocycles. The lowest BCUT2D eigenvalue weighted by molar-refractivity contribution is 0.730. The van der Waals surface area contributed by atoms with Crippen LogP contribution < -0.4 is 0 Å². The summed E-state index contributed by atoms with van der Waals surface area (Å²) in [6.45, 7) is 0. The molecule has 0 spiro atoms. The smallest absolute Gasteiger partial charge is 0.0145 e. The molecule has 0 N–H and O–H groups in total. The van der Waals surface area contributed by atoms with E-state index in [1.807, 2.05) is 0 Å². The molecule has 2 aromatic carbocycles. The van der Waals surface area contributed by atoms with Crippen LogP contribution in [0.5, 0.6) is 0 Å². The second-order valence-electron chi connectivity index (χ2n) is 4.22. The third-order valence-electron chi connectivity index (χ3n) is 3.60. The molecule has 2 aliphatic rings. The molecular formula is C14H10. The van der Waals surface area contributed by atoms with Gasteiger partial charge >= 0.3 is 0 Å². The third kappa shape index (κ3) is 0.598. The molecule has 0 aromatic heterocycles. The predicted molar refractivity (Wildman–Crippen MR) is 57.4 cm³/mol. The maximum Gasteiger partial charge on any atom is 0.0145 e. The Bertz CT molecular complexity index is 537. The molecule has 66 valence electrons. The largest absolute Gasteiger partial charge is 0.0619 e. The van der Waals surface area contributed by atoms with Crippen LogP contribution in [-0.4, -0.2) is 0 Å². The summed E-state index contributed by atoms with van der Waals surface area (Å²) in [5.41, 5.74) is 7.65. The van der Waals surface area contributed by atoms with E-state index in [0.29, 0.717) is 0 Å². The quantitative estimate of drug-likeness (QED) is 0.580. The zero-order valence-electron chi connectivity index (χ0n) is 7.83. The molecule has 0 bridgehead atoms. The zero-order valence-corrected chi connectivity index (χ0v) is 7.83. The van der Waals surface area contributed by atoms with E-state index in [1.54, 1.807) is 16.7 Å². The molecule has 1 atom stereocenters. The van der Waals surface area contributed by atoms with Crippen LogP contribution in [0.15, 0.2) is 42.5 Å². The van der Waals surface area contributed by atoms with Gasteiger partial charge in [-0.15, -0.1) is 0 Å². The van der Waals surface area contributed by atoms with Crippen LogP contribution in [0.1, 0.15) is 22.6 Å². The van der Waals surface area contributed by atoms with E-state index in [9.17, 15) is 0 Å². The average molecular weight is 178 g/mol. The van der Waals surface area contributed by atoms with Gasteiger partial charge in [0.15, 0.2) is 0 Å². The first-order chi connectivity index (χ1) is 6.95. The van der Waals surface area contributed by atoms with Crippen LogP contribution in [-0.2, 0) is 6.42 Å². The van der Waals surface area contributed by atoms with E-state index >= 15 is 0 Å². The molecule has 0 saturated heterocycles. The van der Waals surface area contributed by atoms with Gasteiger partial charge in [0, 0.05) is 5.92 Å². The second-order valence-corrected chi connectivity index (χ2v) is 4.22. The monoisotopic (exact) mass is 178 g/mol. The molecule has 0 amide bonds. The fraction of sp³-hybridized carbons (Fsp3) is 0.143. The van der Waals surface area contributed by atoms with Crippen LogP contribution in [0.3, 0.4) is 0 Å². The molecule has 0 fully saturated rings. The summed E-state index contributed by atoms with van der Waals surface area (Å²) in [6, 6.07) is 15.5. The molecule has 0 nitrogen and oxygen atoms in total. The van der Waals surface area contributed by atoms with Gasteiger partial charge in [0.2, 0.25) is 0 Å². The van der Waals surface area contributed by atoms with Crippen molar-refractivity contribution in [2.24, 2.45) is 0 Å². The normalized spacial score (nSPS) is 19.9. The minimum absolute atomic E-state index is 0.720. The first-order valence-corrected chi connectivity index (χ1v) is 5.16. The first kappa shape index (κ1) is 6.83.